The van der Waals surface area contributed by atoms with Crippen LogP contribution in [0.5, 0.6) is 0 Å². The molecule has 0 aliphatic carbocycles. The molecule has 2 rings (SSSR count). The van der Waals surface area contributed by atoms with Gasteiger partial charge < -0.3 is 10.7 Å². The van der Waals surface area contributed by atoms with E-state index in [1.165, 1.54) is 0 Å². The van der Waals surface area contributed by atoms with Crippen molar-refractivity contribution in [3.8, 4) is 0 Å². The summed E-state index contributed by atoms with van der Waals surface area (Å²) in [6.45, 7) is 0. The highest BCUT2D eigenvalue weighted by Gasteiger charge is 2.25. The molecule has 0 radical (unpaired) electrons. The Kier molecular flexibility index (Phi) is 2.25. The fourth-order valence-electron chi connectivity index (χ4n) is 1.35. The molecule has 1 amide bonds. The third kappa shape index (κ3) is 1.39. The first-order valence-electron chi connectivity index (χ1n) is 4.08. The van der Waals surface area contributed by atoms with Crippen molar-refractivity contribution in [3.63, 3.8) is 0 Å². The summed E-state index contributed by atoms with van der Waals surface area (Å²) in [4.78, 5) is 11.4. The minimum Gasteiger partial charge on any atom is -0.320 e. The smallest absolute Gasteiger partial charge is 0.276 e. The molecule has 0 fully saturated rings. The summed E-state index contributed by atoms with van der Waals surface area (Å²) >= 11 is 3.35. The van der Waals surface area contributed by atoms with Crippen LogP contribution in [0.2, 0.25) is 0 Å². The van der Waals surface area contributed by atoms with Gasteiger partial charge in [0.05, 0.1) is 5.69 Å². The van der Waals surface area contributed by atoms with Crippen LogP contribution in [0.15, 0.2) is 27.8 Å². The normalized spacial score (nSPS) is 16.7. The maximum atomic E-state index is 11.4. The van der Waals surface area contributed by atoms with Crippen molar-refractivity contribution in [2.75, 3.05) is 12.4 Å². The molecule has 0 bridgehead atoms. The highest BCUT2D eigenvalue weighted by molar-refractivity contribution is 9.10. The largest absolute Gasteiger partial charge is 0.320 e. The van der Waals surface area contributed by atoms with Crippen molar-refractivity contribution in [2.24, 2.45) is 5.10 Å². The minimum absolute atomic E-state index is 0.174. The van der Waals surface area contributed by atoms with Gasteiger partial charge in [-0.1, -0.05) is 15.9 Å². The highest BCUT2D eigenvalue weighted by Crippen LogP contribution is 2.26. The molecular weight excluding hydrogens is 246 g/mol. The monoisotopic (exact) mass is 253 g/mol. The zero-order chi connectivity index (χ0) is 10.1. The molecule has 0 aromatic heterocycles. The number of carbonyl (C=O) groups excluding carboxylic acids is 1. The number of hydrazone groups is 1. The van der Waals surface area contributed by atoms with Crippen LogP contribution in [-0.4, -0.2) is 18.7 Å². The number of nitrogens with one attached hydrogen (secondary N) is 2. The third-order valence-corrected chi connectivity index (χ3v) is 2.42. The SMILES string of the molecule is CN/N=C1\C(=O)Nc2ccc(Br)cc21. The van der Waals surface area contributed by atoms with E-state index in [9.17, 15) is 4.79 Å². The van der Waals surface area contributed by atoms with Crippen LogP contribution < -0.4 is 10.7 Å². The summed E-state index contributed by atoms with van der Waals surface area (Å²) in [5.41, 5.74) is 4.65. The van der Waals surface area contributed by atoms with Crippen molar-refractivity contribution in [1.29, 1.82) is 0 Å². The van der Waals surface area contributed by atoms with Gasteiger partial charge in [0.1, 0.15) is 0 Å². The van der Waals surface area contributed by atoms with Gasteiger partial charge in [-0.15, -0.1) is 0 Å². The predicted molar refractivity (Wildman–Crippen MR) is 58.4 cm³/mol. The maximum absolute atomic E-state index is 11.4. The van der Waals surface area contributed by atoms with Gasteiger partial charge >= 0.3 is 0 Å². The van der Waals surface area contributed by atoms with Gasteiger partial charge in [-0.05, 0) is 18.2 Å². The van der Waals surface area contributed by atoms with E-state index in [0.29, 0.717) is 5.71 Å². The van der Waals surface area contributed by atoms with Crippen LogP contribution in [-0.2, 0) is 4.79 Å². The number of anilines is 1. The fourth-order valence-corrected chi connectivity index (χ4v) is 1.71. The van der Waals surface area contributed by atoms with Gasteiger partial charge in [0.2, 0.25) is 0 Å². The number of hydrogen-bond donors (Lipinski definition) is 2. The zero-order valence-electron chi connectivity index (χ0n) is 7.47. The zero-order valence-corrected chi connectivity index (χ0v) is 9.05. The molecule has 1 aliphatic rings. The van der Waals surface area contributed by atoms with Crippen molar-refractivity contribution in [1.82, 2.24) is 5.43 Å². The van der Waals surface area contributed by atoms with Crippen LogP contribution in [0, 0.1) is 0 Å². The van der Waals surface area contributed by atoms with Crippen LogP contribution in [0.1, 0.15) is 5.56 Å². The van der Waals surface area contributed by atoms with Gasteiger partial charge in [-0.25, -0.2) is 0 Å². The Labute approximate surface area is 89.5 Å². The Bertz CT molecular complexity index is 428. The van der Waals surface area contributed by atoms with E-state index in [4.69, 9.17) is 0 Å². The number of fused-ring (bicyclic) bond motifs is 1. The Hall–Kier alpha value is -1.36. The average molecular weight is 254 g/mol. The first-order chi connectivity index (χ1) is 6.72. The highest BCUT2D eigenvalue weighted by atomic mass is 79.9. The number of nitrogens with zero attached hydrogens (tertiary/aromatic N) is 1. The molecule has 0 atom stereocenters. The number of benzene rings is 1. The molecule has 1 aromatic carbocycles. The van der Waals surface area contributed by atoms with Crippen LogP contribution in [0.4, 0.5) is 5.69 Å². The van der Waals surface area contributed by atoms with E-state index < -0.39 is 0 Å². The molecule has 5 heteroatoms. The Morgan fingerprint density at radius 3 is 3.00 bits per heavy atom. The first kappa shape index (κ1) is 9.21. The Morgan fingerprint density at radius 1 is 1.50 bits per heavy atom. The Balaban J connectivity index is 2.55. The lowest BCUT2D eigenvalue weighted by Gasteiger charge is -1.97. The van der Waals surface area contributed by atoms with Gasteiger partial charge in [0.15, 0.2) is 5.71 Å². The van der Waals surface area contributed by atoms with E-state index in [2.05, 4.69) is 31.8 Å². The second-order valence-electron chi connectivity index (χ2n) is 2.83. The van der Waals surface area contributed by atoms with Gasteiger partial charge in [-0.2, -0.15) is 5.10 Å². The second kappa shape index (κ2) is 3.42. The third-order valence-electron chi connectivity index (χ3n) is 1.92. The molecule has 2 N–H and O–H groups in total. The van der Waals surface area contributed by atoms with Crippen molar-refractivity contribution >= 4 is 33.2 Å². The molecule has 72 valence electrons. The molecular formula is C9H8BrN3O. The van der Waals surface area contributed by atoms with Crippen molar-refractivity contribution < 1.29 is 4.79 Å². The molecule has 0 spiro atoms. The lowest BCUT2D eigenvalue weighted by molar-refractivity contribution is -0.110. The van der Waals surface area contributed by atoms with Crippen LogP contribution in [0.3, 0.4) is 0 Å². The Morgan fingerprint density at radius 2 is 2.29 bits per heavy atom. The van der Waals surface area contributed by atoms with E-state index in [0.717, 1.165) is 15.7 Å². The number of carbonyl (C=O) groups is 1. The van der Waals surface area contributed by atoms with E-state index in [1.54, 1.807) is 7.05 Å². The van der Waals surface area contributed by atoms with E-state index in [1.807, 2.05) is 18.2 Å². The maximum Gasteiger partial charge on any atom is 0.276 e. The average Bonchev–Trinajstić information content (AvgIpc) is 2.45. The molecule has 0 saturated carbocycles. The summed E-state index contributed by atoms with van der Waals surface area (Å²) in [5, 5.41) is 6.65. The summed E-state index contributed by atoms with van der Waals surface area (Å²) < 4.78 is 0.927. The molecule has 1 aliphatic heterocycles. The number of hydrogen-bond acceptors (Lipinski definition) is 3. The van der Waals surface area contributed by atoms with E-state index in [-0.39, 0.29) is 5.91 Å². The van der Waals surface area contributed by atoms with Crippen molar-refractivity contribution in [3.05, 3.63) is 28.2 Å². The summed E-state index contributed by atoms with van der Waals surface area (Å²) in [6, 6.07) is 5.58. The van der Waals surface area contributed by atoms with Gasteiger partial charge in [0, 0.05) is 17.1 Å². The molecule has 14 heavy (non-hydrogen) atoms. The topological polar surface area (TPSA) is 53.5 Å². The number of amides is 1. The first-order valence-corrected chi connectivity index (χ1v) is 4.87. The lowest BCUT2D eigenvalue weighted by atomic mass is 10.1. The number of halogens is 1. The van der Waals surface area contributed by atoms with Crippen molar-refractivity contribution in [2.45, 2.75) is 0 Å². The minimum atomic E-state index is -0.174. The van der Waals surface area contributed by atoms with Gasteiger partial charge in [-0.3, -0.25) is 4.79 Å². The standard InChI is InChI=1S/C9H8BrN3O/c1-11-13-8-6-4-5(10)2-3-7(6)12-9(8)14/h2-4,11H,1H3,(H,12,13,14). The molecule has 1 heterocycles. The number of rotatable bonds is 1. The van der Waals surface area contributed by atoms with Gasteiger partial charge in [0.25, 0.3) is 5.91 Å². The molecule has 1 aromatic rings. The molecule has 0 unspecified atom stereocenters. The summed E-state index contributed by atoms with van der Waals surface area (Å²) in [5.74, 6) is -0.174. The van der Waals surface area contributed by atoms with Crippen LogP contribution >= 0.6 is 15.9 Å². The quantitative estimate of drug-likeness (QED) is 0.743. The lowest BCUT2D eigenvalue weighted by Crippen LogP contribution is -2.17. The summed E-state index contributed by atoms with van der Waals surface area (Å²) in [7, 11) is 1.66. The van der Waals surface area contributed by atoms with E-state index >= 15 is 0 Å². The van der Waals surface area contributed by atoms with Crippen LogP contribution in [0.25, 0.3) is 0 Å². The molecule has 4 nitrogen and oxygen atoms in total. The molecule has 0 saturated heterocycles. The predicted octanol–water partition coefficient (Wildman–Crippen LogP) is 1.32. The second-order valence-corrected chi connectivity index (χ2v) is 3.74. The fraction of sp³-hybridized carbons (Fsp3) is 0.111. The summed E-state index contributed by atoms with van der Waals surface area (Å²) in [6.07, 6.45) is 0.